The Balaban J connectivity index is 3.72. The fourth-order valence-electron chi connectivity index (χ4n) is 0.899. The second-order valence-corrected chi connectivity index (χ2v) is 2.58. The largest absolute Gasteiger partial charge is 0.399 e. The summed E-state index contributed by atoms with van der Waals surface area (Å²) in [5.74, 6) is 0. The van der Waals surface area contributed by atoms with Crippen molar-refractivity contribution in [3.63, 3.8) is 0 Å². The Morgan fingerprint density at radius 3 is 2.69 bits per heavy atom. The third-order valence-corrected chi connectivity index (χ3v) is 1.39. The summed E-state index contributed by atoms with van der Waals surface area (Å²) in [6, 6.07) is 0. The quantitative estimate of drug-likeness (QED) is 0.340. The molecule has 0 rings (SSSR count). The maximum Gasteiger partial charge on any atom is 0.152 e. The van der Waals surface area contributed by atoms with E-state index in [9.17, 15) is 0 Å². The van der Waals surface area contributed by atoms with Crippen LogP contribution in [0.3, 0.4) is 0 Å². The molecule has 0 aliphatic heterocycles. The van der Waals surface area contributed by atoms with Gasteiger partial charge in [-0.3, -0.25) is 0 Å². The van der Waals surface area contributed by atoms with Crippen molar-refractivity contribution in [1.29, 1.82) is 0 Å². The molecule has 0 heterocycles. The van der Waals surface area contributed by atoms with E-state index in [2.05, 4.69) is 9.99 Å². The zero-order valence-corrected chi connectivity index (χ0v) is 8.01. The van der Waals surface area contributed by atoms with Crippen molar-refractivity contribution in [1.82, 2.24) is 0 Å². The van der Waals surface area contributed by atoms with Gasteiger partial charge in [0.05, 0.1) is 6.10 Å². The highest BCUT2D eigenvalue weighted by molar-refractivity contribution is 5.56. The maximum absolute atomic E-state index is 8.93. The third kappa shape index (κ3) is 7.70. The molecule has 0 aliphatic rings. The number of aliphatic hydroxyl groups is 2. The number of ether oxygens (including phenoxy) is 1. The van der Waals surface area contributed by atoms with Crippen molar-refractivity contribution < 1.29 is 19.8 Å². The highest BCUT2D eigenvalue weighted by atomic mass is 16.6. The molecule has 0 aromatic heterocycles. The Morgan fingerprint density at radius 2 is 2.23 bits per heavy atom. The van der Waals surface area contributed by atoms with E-state index in [4.69, 9.17) is 14.9 Å². The van der Waals surface area contributed by atoms with Crippen molar-refractivity contribution in [2.75, 3.05) is 13.7 Å². The Bertz CT molecular complexity index is 138. The van der Waals surface area contributed by atoms with E-state index in [1.165, 1.54) is 14.0 Å². The molecule has 2 unspecified atom stereocenters. The predicted octanol–water partition coefficient (Wildman–Crippen LogP) is 0.115. The van der Waals surface area contributed by atoms with Crippen LogP contribution in [0.4, 0.5) is 0 Å². The van der Waals surface area contributed by atoms with Crippen molar-refractivity contribution in [2.24, 2.45) is 5.16 Å². The summed E-state index contributed by atoms with van der Waals surface area (Å²) in [6.07, 6.45) is 1.49. The highest BCUT2D eigenvalue weighted by Gasteiger charge is 2.09. The normalized spacial score (nSPS) is 16.0. The number of aliphatic hydroxyl groups excluding tert-OH is 2. The van der Waals surface area contributed by atoms with Gasteiger partial charge in [0, 0.05) is 19.2 Å². The van der Waals surface area contributed by atoms with Crippen LogP contribution in [0.15, 0.2) is 5.16 Å². The minimum absolute atomic E-state index is 0.0260. The van der Waals surface area contributed by atoms with Gasteiger partial charge in [-0.15, -0.1) is 0 Å². The molecule has 2 N–H and O–H groups in total. The lowest BCUT2D eigenvalue weighted by Gasteiger charge is -2.16. The molecular weight excluding hydrogens is 174 g/mol. The summed E-state index contributed by atoms with van der Waals surface area (Å²) in [7, 11) is 1.45. The Kier molecular flexibility index (Phi) is 7.57. The fourth-order valence-corrected chi connectivity index (χ4v) is 0.899. The van der Waals surface area contributed by atoms with Gasteiger partial charge in [0.15, 0.2) is 6.29 Å². The van der Waals surface area contributed by atoms with E-state index >= 15 is 0 Å². The lowest BCUT2D eigenvalue weighted by molar-refractivity contribution is -0.125. The molecular formula is C8H17NO4. The summed E-state index contributed by atoms with van der Waals surface area (Å²) in [4.78, 5) is 4.46. The topological polar surface area (TPSA) is 71.3 Å². The molecule has 5 nitrogen and oxygen atoms in total. The van der Waals surface area contributed by atoms with E-state index in [1.54, 1.807) is 6.21 Å². The van der Waals surface area contributed by atoms with Crippen molar-refractivity contribution in [2.45, 2.75) is 32.2 Å². The average Bonchev–Trinajstić information content (AvgIpc) is 2.04. The molecule has 0 bridgehead atoms. The Labute approximate surface area is 78.0 Å². The minimum Gasteiger partial charge on any atom is -0.399 e. The minimum atomic E-state index is -0.826. The van der Waals surface area contributed by atoms with E-state index < -0.39 is 6.29 Å². The second kappa shape index (κ2) is 7.97. The van der Waals surface area contributed by atoms with Gasteiger partial charge in [-0.1, -0.05) is 5.16 Å². The Morgan fingerprint density at radius 1 is 1.54 bits per heavy atom. The average molecular weight is 191 g/mol. The molecule has 0 aromatic rings. The van der Waals surface area contributed by atoms with E-state index in [0.717, 1.165) is 0 Å². The molecule has 0 radical (unpaired) electrons. The first kappa shape index (κ1) is 12.3. The molecule has 0 amide bonds. The summed E-state index contributed by atoms with van der Waals surface area (Å²) in [5.41, 5.74) is 0. The molecule has 13 heavy (non-hydrogen) atoms. The zero-order valence-electron chi connectivity index (χ0n) is 8.01. The van der Waals surface area contributed by atoms with Crippen LogP contribution in [0.5, 0.6) is 0 Å². The summed E-state index contributed by atoms with van der Waals surface area (Å²) in [6.45, 7) is 1.55. The fraction of sp³-hybridized carbons (Fsp3) is 0.875. The summed E-state index contributed by atoms with van der Waals surface area (Å²) >= 11 is 0. The summed E-state index contributed by atoms with van der Waals surface area (Å²) in [5, 5.41) is 21.1. The lowest BCUT2D eigenvalue weighted by atomic mass is 10.2. The lowest BCUT2D eigenvalue weighted by Crippen LogP contribution is -2.21. The van der Waals surface area contributed by atoms with E-state index in [0.29, 0.717) is 12.8 Å². The Hall–Kier alpha value is -0.650. The predicted molar refractivity (Wildman–Crippen MR) is 48.4 cm³/mol. The highest BCUT2D eigenvalue weighted by Crippen LogP contribution is 2.04. The molecule has 0 spiro atoms. The van der Waals surface area contributed by atoms with Gasteiger partial charge in [-0.25, -0.2) is 0 Å². The van der Waals surface area contributed by atoms with E-state index in [1.807, 2.05) is 0 Å². The standard InChI is InChI=1S/C8H17NO4/c1-7(11)13-8(4-6-10)3-5-9-12-2/h5,7-8,10-11H,3-4,6H2,1-2H3/b9-5-. The van der Waals surface area contributed by atoms with Crippen LogP contribution in [0.1, 0.15) is 19.8 Å². The van der Waals surface area contributed by atoms with E-state index in [-0.39, 0.29) is 12.7 Å². The van der Waals surface area contributed by atoms with Gasteiger partial charge in [0.25, 0.3) is 0 Å². The van der Waals surface area contributed by atoms with Crippen molar-refractivity contribution in [3.8, 4) is 0 Å². The number of oxime groups is 1. The molecule has 2 atom stereocenters. The zero-order chi connectivity index (χ0) is 10.1. The monoisotopic (exact) mass is 191 g/mol. The molecule has 0 saturated heterocycles. The van der Waals surface area contributed by atoms with Gasteiger partial charge < -0.3 is 19.8 Å². The van der Waals surface area contributed by atoms with Crippen LogP contribution in [0.25, 0.3) is 0 Å². The van der Waals surface area contributed by atoms with Crippen molar-refractivity contribution in [3.05, 3.63) is 0 Å². The molecule has 0 saturated carbocycles. The molecule has 0 aliphatic carbocycles. The van der Waals surface area contributed by atoms with Crippen LogP contribution in [-0.4, -0.2) is 42.5 Å². The van der Waals surface area contributed by atoms with Crippen molar-refractivity contribution >= 4 is 6.21 Å². The van der Waals surface area contributed by atoms with Gasteiger partial charge in [0.2, 0.25) is 0 Å². The molecule has 0 aromatic carbocycles. The first-order chi connectivity index (χ1) is 6.20. The number of hydrogen-bond donors (Lipinski definition) is 2. The smallest absolute Gasteiger partial charge is 0.152 e. The second-order valence-electron chi connectivity index (χ2n) is 2.58. The number of nitrogens with zero attached hydrogens (tertiary/aromatic N) is 1. The molecule has 0 fully saturated rings. The first-order valence-corrected chi connectivity index (χ1v) is 4.20. The maximum atomic E-state index is 8.93. The molecule has 78 valence electrons. The van der Waals surface area contributed by atoms with Gasteiger partial charge >= 0.3 is 0 Å². The van der Waals surface area contributed by atoms with Crippen LogP contribution >= 0.6 is 0 Å². The summed E-state index contributed by atoms with van der Waals surface area (Å²) < 4.78 is 5.09. The van der Waals surface area contributed by atoms with Crippen LogP contribution < -0.4 is 0 Å². The van der Waals surface area contributed by atoms with Gasteiger partial charge in [-0.2, -0.15) is 0 Å². The first-order valence-electron chi connectivity index (χ1n) is 4.20. The van der Waals surface area contributed by atoms with Crippen LogP contribution in [0.2, 0.25) is 0 Å². The number of rotatable bonds is 7. The SMILES string of the molecule is CO/N=C\CC(CCO)OC(C)O. The van der Waals surface area contributed by atoms with Crippen LogP contribution in [0, 0.1) is 0 Å². The number of hydrogen-bond acceptors (Lipinski definition) is 5. The van der Waals surface area contributed by atoms with Gasteiger partial charge in [-0.05, 0) is 13.3 Å². The van der Waals surface area contributed by atoms with Gasteiger partial charge in [0.1, 0.15) is 7.11 Å². The third-order valence-electron chi connectivity index (χ3n) is 1.39. The van der Waals surface area contributed by atoms with Crippen LogP contribution in [-0.2, 0) is 9.57 Å². The molecule has 5 heteroatoms.